The SMILES string of the molecule is c1ccc2cc(-n3c(-c4cc(-c5nc6ccccc6n5-c5ccc6ccccc6c5)nc(-c5nc6ccccc6n5-c5ccc6ccccc6c5)c4)nc4ccccc43)ccc2c1. The smallest absolute Gasteiger partial charge is 0.164 e. The van der Waals surface area contributed by atoms with Gasteiger partial charge in [-0.25, -0.2) is 19.9 Å². The van der Waals surface area contributed by atoms with Crippen molar-refractivity contribution in [1.82, 2.24) is 33.6 Å². The Kier molecular flexibility index (Phi) is 7.77. The van der Waals surface area contributed by atoms with E-state index in [-0.39, 0.29) is 0 Å². The molecule has 9 aromatic carbocycles. The number of aromatic nitrogens is 7. The van der Waals surface area contributed by atoms with Crippen LogP contribution in [0.4, 0.5) is 0 Å². The molecule has 0 spiro atoms. The van der Waals surface area contributed by atoms with Crippen LogP contribution in [0.1, 0.15) is 0 Å². The average Bonchev–Trinajstić information content (AvgIpc) is 4.06. The lowest BCUT2D eigenvalue weighted by Gasteiger charge is -2.15. The maximum Gasteiger partial charge on any atom is 0.164 e. The highest BCUT2D eigenvalue weighted by Gasteiger charge is 2.24. The van der Waals surface area contributed by atoms with Crippen molar-refractivity contribution in [2.24, 2.45) is 0 Å². The summed E-state index contributed by atoms with van der Waals surface area (Å²) in [4.78, 5) is 21.7. The third kappa shape index (κ3) is 5.75. The molecule has 0 N–H and O–H groups in total. The molecule has 0 saturated heterocycles. The standard InChI is InChI=1S/C56H35N7/c1-4-16-39-31-43(28-25-36(39)13-1)61-51-22-10-7-19-46(51)58-54(61)42-34-49(55-59-47-20-8-11-23-52(47)62(55)44-29-26-37-14-2-5-17-40(37)32-44)57-50(35-42)56-60-48-21-9-12-24-53(48)63(56)45-30-27-38-15-3-6-18-41(38)33-45/h1-35H. The number of fused-ring (bicyclic) bond motifs is 6. The van der Waals surface area contributed by atoms with E-state index in [1.54, 1.807) is 0 Å². The van der Waals surface area contributed by atoms with Gasteiger partial charge in [0.2, 0.25) is 0 Å². The van der Waals surface area contributed by atoms with Gasteiger partial charge in [-0.1, -0.05) is 127 Å². The molecule has 0 aliphatic heterocycles. The summed E-state index contributed by atoms with van der Waals surface area (Å²) in [5.41, 5.74) is 10.9. The highest BCUT2D eigenvalue weighted by Crippen LogP contribution is 2.38. The monoisotopic (exact) mass is 805 g/mol. The Bertz CT molecular complexity index is 3530. The molecule has 63 heavy (non-hydrogen) atoms. The minimum atomic E-state index is 0.695. The van der Waals surface area contributed by atoms with Gasteiger partial charge in [0.1, 0.15) is 17.2 Å². The summed E-state index contributed by atoms with van der Waals surface area (Å²) in [7, 11) is 0. The van der Waals surface area contributed by atoms with Gasteiger partial charge in [-0.15, -0.1) is 0 Å². The van der Waals surface area contributed by atoms with Crippen LogP contribution in [0, 0.1) is 0 Å². The van der Waals surface area contributed by atoms with E-state index in [0.29, 0.717) is 11.4 Å². The van der Waals surface area contributed by atoms with Gasteiger partial charge in [0.25, 0.3) is 0 Å². The average molecular weight is 806 g/mol. The van der Waals surface area contributed by atoms with E-state index in [9.17, 15) is 0 Å². The molecule has 4 heterocycles. The van der Waals surface area contributed by atoms with Crippen LogP contribution in [0.5, 0.6) is 0 Å². The van der Waals surface area contributed by atoms with E-state index in [2.05, 4.69) is 208 Å². The van der Waals surface area contributed by atoms with Crippen LogP contribution in [-0.2, 0) is 0 Å². The number of hydrogen-bond donors (Lipinski definition) is 0. The molecule has 0 radical (unpaired) electrons. The predicted octanol–water partition coefficient (Wildman–Crippen LogP) is 13.6. The summed E-state index contributed by atoms with van der Waals surface area (Å²) >= 11 is 0. The minimum absolute atomic E-state index is 0.695. The van der Waals surface area contributed by atoms with Crippen LogP contribution in [0.2, 0.25) is 0 Å². The van der Waals surface area contributed by atoms with Gasteiger partial charge in [-0.2, -0.15) is 0 Å². The van der Waals surface area contributed by atoms with Crippen molar-refractivity contribution < 1.29 is 0 Å². The molecule has 0 saturated carbocycles. The Morgan fingerprint density at radius 3 is 0.968 bits per heavy atom. The summed E-state index contributed by atoms with van der Waals surface area (Å²) in [6, 6.07) is 74.4. The molecule has 13 rings (SSSR count). The summed E-state index contributed by atoms with van der Waals surface area (Å²) in [5, 5.41) is 6.98. The lowest BCUT2D eigenvalue weighted by molar-refractivity contribution is 1.06. The first-order valence-electron chi connectivity index (χ1n) is 21.1. The number of pyridine rings is 1. The molecule has 0 aliphatic rings. The lowest BCUT2D eigenvalue weighted by Crippen LogP contribution is -2.04. The molecular weight excluding hydrogens is 771 g/mol. The van der Waals surface area contributed by atoms with Crippen LogP contribution >= 0.6 is 0 Å². The summed E-state index contributed by atoms with van der Waals surface area (Å²) in [6.45, 7) is 0. The fourth-order valence-corrected chi connectivity index (χ4v) is 9.24. The highest BCUT2D eigenvalue weighted by atomic mass is 15.1. The molecule has 7 nitrogen and oxygen atoms in total. The van der Waals surface area contributed by atoms with Crippen LogP contribution < -0.4 is 0 Å². The lowest BCUT2D eigenvalue weighted by atomic mass is 10.1. The van der Waals surface area contributed by atoms with E-state index >= 15 is 0 Å². The van der Waals surface area contributed by atoms with Crippen LogP contribution in [-0.4, -0.2) is 33.6 Å². The van der Waals surface area contributed by atoms with Gasteiger partial charge in [-0.05, 0) is 117 Å². The maximum absolute atomic E-state index is 5.58. The molecule has 7 heteroatoms. The van der Waals surface area contributed by atoms with Crippen molar-refractivity contribution in [2.45, 2.75) is 0 Å². The zero-order chi connectivity index (χ0) is 41.4. The van der Waals surface area contributed by atoms with Crippen molar-refractivity contribution in [1.29, 1.82) is 0 Å². The predicted molar refractivity (Wildman–Crippen MR) is 257 cm³/mol. The van der Waals surface area contributed by atoms with E-state index in [1.807, 2.05) is 18.2 Å². The molecule has 13 aromatic rings. The van der Waals surface area contributed by atoms with Crippen molar-refractivity contribution in [3.63, 3.8) is 0 Å². The number of benzene rings is 9. The molecule has 0 amide bonds. The Balaban J connectivity index is 1.12. The van der Waals surface area contributed by atoms with Crippen molar-refractivity contribution in [3.8, 4) is 51.5 Å². The highest BCUT2D eigenvalue weighted by molar-refractivity contribution is 5.92. The second-order valence-electron chi connectivity index (χ2n) is 16.0. The fraction of sp³-hybridized carbons (Fsp3) is 0. The maximum atomic E-state index is 5.58. The van der Waals surface area contributed by atoms with Crippen LogP contribution in [0.3, 0.4) is 0 Å². The third-order valence-electron chi connectivity index (χ3n) is 12.2. The fourth-order valence-electron chi connectivity index (χ4n) is 9.24. The largest absolute Gasteiger partial charge is 0.292 e. The van der Waals surface area contributed by atoms with Crippen molar-refractivity contribution in [3.05, 3.63) is 212 Å². The number of imidazole rings is 3. The van der Waals surface area contributed by atoms with E-state index in [4.69, 9.17) is 19.9 Å². The van der Waals surface area contributed by atoms with Crippen molar-refractivity contribution in [2.75, 3.05) is 0 Å². The second kappa shape index (κ2) is 13.9. The van der Waals surface area contributed by atoms with Gasteiger partial charge in [0, 0.05) is 22.6 Å². The molecule has 294 valence electrons. The summed E-state index contributed by atoms with van der Waals surface area (Å²) in [6.07, 6.45) is 0. The molecule has 4 aromatic heterocycles. The molecule has 0 bridgehead atoms. The van der Waals surface area contributed by atoms with Gasteiger partial charge in [0.05, 0.1) is 33.1 Å². The number of para-hydroxylation sites is 6. The Morgan fingerprint density at radius 2 is 0.571 bits per heavy atom. The second-order valence-corrected chi connectivity index (χ2v) is 16.0. The van der Waals surface area contributed by atoms with E-state index < -0.39 is 0 Å². The van der Waals surface area contributed by atoms with E-state index in [0.717, 1.165) is 89.4 Å². The summed E-state index contributed by atoms with van der Waals surface area (Å²) < 4.78 is 6.73. The quantitative estimate of drug-likeness (QED) is 0.168. The first-order valence-corrected chi connectivity index (χ1v) is 21.1. The van der Waals surface area contributed by atoms with Crippen LogP contribution in [0.25, 0.3) is 117 Å². The minimum Gasteiger partial charge on any atom is -0.292 e. The van der Waals surface area contributed by atoms with Crippen molar-refractivity contribution >= 4 is 65.4 Å². The topological polar surface area (TPSA) is 66.3 Å². The van der Waals surface area contributed by atoms with Gasteiger partial charge in [0.15, 0.2) is 11.6 Å². The van der Waals surface area contributed by atoms with Gasteiger partial charge < -0.3 is 0 Å². The first-order chi connectivity index (χ1) is 31.2. The number of hydrogen-bond acceptors (Lipinski definition) is 4. The zero-order valence-corrected chi connectivity index (χ0v) is 33.8. The Morgan fingerprint density at radius 1 is 0.254 bits per heavy atom. The van der Waals surface area contributed by atoms with Gasteiger partial charge >= 0.3 is 0 Å². The number of nitrogens with zero attached hydrogens (tertiary/aromatic N) is 7. The molecule has 0 aliphatic carbocycles. The molecule has 0 atom stereocenters. The molecule has 0 unspecified atom stereocenters. The van der Waals surface area contributed by atoms with E-state index in [1.165, 1.54) is 16.2 Å². The summed E-state index contributed by atoms with van der Waals surface area (Å²) in [5.74, 6) is 2.23. The normalized spacial score (nSPS) is 11.8. The molecular formula is C56H35N7. The third-order valence-corrected chi connectivity index (χ3v) is 12.2. The zero-order valence-electron chi connectivity index (χ0n) is 33.8. The Hall–Kier alpha value is -8.68. The first kappa shape index (κ1) is 35.1. The van der Waals surface area contributed by atoms with Crippen LogP contribution in [0.15, 0.2) is 212 Å². The Labute approximate surface area is 361 Å². The van der Waals surface area contributed by atoms with Gasteiger partial charge in [-0.3, -0.25) is 13.7 Å². The number of rotatable bonds is 6. The molecule has 0 fully saturated rings.